The number of carbonyl (C=O) groups excluding carboxylic acids is 1. The summed E-state index contributed by atoms with van der Waals surface area (Å²) in [5.74, 6) is 0.906. The van der Waals surface area contributed by atoms with Gasteiger partial charge in [-0.3, -0.25) is 4.79 Å². The van der Waals surface area contributed by atoms with Crippen molar-refractivity contribution in [1.29, 1.82) is 0 Å². The van der Waals surface area contributed by atoms with Gasteiger partial charge in [0, 0.05) is 12.5 Å². The minimum Gasteiger partial charge on any atom is -0.352 e. The number of nitrogens with two attached hydrogens (primary N) is 1. The van der Waals surface area contributed by atoms with Crippen LogP contribution in [0.5, 0.6) is 0 Å². The summed E-state index contributed by atoms with van der Waals surface area (Å²) in [7, 11) is 0. The Kier molecular flexibility index (Phi) is 5.33. The molecule has 0 saturated heterocycles. The molecule has 0 spiro atoms. The van der Waals surface area contributed by atoms with Gasteiger partial charge in [-0.2, -0.15) is 0 Å². The Hall–Kier alpha value is -1.88. The third-order valence-corrected chi connectivity index (χ3v) is 3.75. The van der Waals surface area contributed by atoms with Crippen molar-refractivity contribution in [2.24, 2.45) is 5.73 Å². The molecule has 5 heteroatoms. The van der Waals surface area contributed by atoms with E-state index in [1.54, 1.807) is 0 Å². The lowest BCUT2D eigenvalue weighted by atomic mass is 10.2. The highest BCUT2D eigenvalue weighted by Crippen LogP contribution is 2.16. The fourth-order valence-electron chi connectivity index (χ4n) is 2.53. The normalized spacial score (nSPS) is 11.2. The van der Waals surface area contributed by atoms with Crippen molar-refractivity contribution >= 4 is 16.9 Å². The van der Waals surface area contributed by atoms with Gasteiger partial charge in [0.25, 0.3) is 0 Å². The zero-order valence-corrected chi connectivity index (χ0v) is 12.8. The van der Waals surface area contributed by atoms with Gasteiger partial charge in [-0.1, -0.05) is 26.0 Å². The molecule has 21 heavy (non-hydrogen) atoms. The Morgan fingerprint density at radius 2 is 2.05 bits per heavy atom. The number of para-hydroxylation sites is 2. The maximum atomic E-state index is 12.2. The number of carbonyl (C=O) groups is 1. The van der Waals surface area contributed by atoms with E-state index in [-0.39, 0.29) is 11.9 Å². The van der Waals surface area contributed by atoms with E-state index in [1.807, 2.05) is 28.8 Å². The summed E-state index contributed by atoms with van der Waals surface area (Å²) in [5, 5.41) is 3.07. The van der Waals surface area contributed by atoms with Crippen LogP contribution < -0.4 is 11.1 Å². The van der Waals surface area contributed by atoms with Crippen LogP contribution in [0.15, 0.2) is 24.3 Å². The number of nitrogens with zero attached hydrogens (tertiary/aromatic N) is 2. The number of aromatic nitrogens is 2. The summed E-state index contributed by atoms with van der Waals surface area (Å²) in [6.45, 7) is 4.99. The predicted molar refractivity (Wildman–Crippen MR) is 85.0 cm³/mol. The number of rotatable bonds is 7. The van der Waals surface area contributed by atoms with Gasteiger partial charge in [0.2, 0.25) is 5.91 Å². The molecular formula is C16H24N4O. The summed E-state index contributed by atoms with van der Waals surface area (Å²) in [5.41, 5.74) is 7.55. The molecule has 2 rings (SSSR count). The van der Waals surface area contributed by atoms with Crippen molar-refractivity contribution in [3.05, 3.63) is 30.1 Å². The second-order valence-electron chi connectivity index (χ2n) is 5.22. The molecule has 0 aliphatic carbocycles. The molecule has 2 aromatic rings. The lowest BCUT2D eigenvalue weighted by Crippen LogP contribution is -2.36. The Labute approximate surface area is 125 Å². The van der Waals surface area contributed by atoms with Gasteiger partial charge in [0.1, 0.15) is 12.4 Å². The minimum atomic E-state index is 0.0325. The van der Waals surface area contributed by atoms with E-state index < -0.39 is 0 Å². The fraction of sp³-hybridized carbons (Fsp3) is 0.500. The van der Waals surface area contributed by atoms with Gasteiger partial charge in [0.15, 0.2) is 0 Å². The fourth-order valence-corrected chi connectivity index (χ4v) is 2.53. The lowest BCUT2D eigenvalue weighted by molar-refractivity contribution is -0.122. The van der Waals surface area contributed by atoms with Crippen LogP contribution in [0, 0.1) is 0 Å². The van der Waals surface area contributed by atoms with Gasteiger partial charge in [0.05, 0.1) is 11.0 Å². The van der Waals surface area contributed by atoms with Crippen LogP contribution in [0.2, 0.25) is 0 Å². The van der Waals surface area contributed by atoms with Crippen molar-refractivity contribution in [2.45, 2.75) is 45.7 Å². The van der Waals surface area contributed by atoms with Crippen molar-refractivity contribution in [3.63, 3.8) is 0 Å². The van der Waals surface area contributed by atoms with Gasteiger partial charge < -0.3 is 15.6 Å². The van der Waals surface area contributed by atoms with Crippen LogP contribution in [-0.2, 0) is 17.8 Å². The molecule has 1 amide bonds. The van der Waals surface area contributed by atoms with Crippen LogP contribution >= 0.6 is 0 Å². The Morgan fingerprint density at radius 3 is 2.71 bits per heavy atom. The molecule has 0 saturated carbocycles. The molecule has 1 aromatic carbocycles. The number of hydrogen-bond donors (Lipinski definition) is 2. The molecule has 1 aromatic heterocycles. The van der Waals surface area contributed by atoms with Gasteiger partial charge in [-0.15, -0.1) is 0 Å². The first kappa shape index (κ1) is 15.5. The number of fused-ring (bicyclic) bond motifs is 1. The zero-order valence-electron chi connectivity index (χ0n) is 12.8. The van der Waals surface area contributed by atoms with Gasteiger partial charge in [-0.25, -0.2) is 4.98 Å². The van der Waals surface area contributed by atoms with E-state index >= 15 is 0 Å². The van der Waals surface area contributed by atoms with E-state index in [4.69, 9.17) is 5.73 Å². The average Bonchev–Trinajstić information content (AvgIpc) is 2.83. The van der Waals surface area contributed by atoms with Crippen LogP contribution in [-0.4, -0.2) is 28.0 Å². The standard InChI is InChI=1S/C16H24N4O/c1-3-12(4-2)18-16(21)11-20-14-8-6-5-7-13(14)19-15(20)9-10-17/h5-8,12H,3-4,9-11,17H2,1-2H3,(H,18,21). The van der Waals surface area contributed by atoms with Crippen molar-refractivity contribution in [1.82, 2.24) is 14.9 Å². The van der Waals surface area contributed by atoms with E-state index in [1.165, 1.54) is 0 Å². The zero-order chi connectivity index (χ0) is 15.2. The highest BCUT2D eigenvalue weighted by Gasteiger charge is 2.14. The monoisotopic (exact) mass is 288 g/mol. The first-order valence-corrected chi connectivity index (χ1v) is 7.63. The van der Waals surface area contributed by atoms with Gasteiger partial charge >= 0.3 is 0 Å². The minimum absolute atomic E-state index is 0.0325. The maximum absolute atomic E-state index is 12.2. The molecule has 5 nitrogen and oxygen atoms in total. The molecule has 0 unspecified atom stereocenters. The summed E-state index contributed by atoms with van der Waals surface area (Å²) >= 11 is 0. The molecule has 0 radical (unpaired) electrons. The van der Waals surface area contributed by atoms with Crippen LogP contribution in [0.4, 0.5) is 0 Å². The molecule has 0 atom stereocenters. The molecule has 0 bridgehead atoms. The lowest BCUT2D eigenvalue weighted by Gasteiger charge is -2.16. The van der Waals surface area contributed by atoms with E-state index in [0.29, 0.717) is 19.5 Å². The maximum Gasteiger partial charge on any atom is 0.240 e. The van der Waals surface area contributed by atoms with Crippen molar-refractivity contribution in [3.8, 4) is 0 Å². The third kappa shape index (κ3) is 3.61. The van der Waals surface area contributed by atoms with Crippen molar-refractivity contribution in [2.75, 3.05) is 6.54 Å². The Morgan fingerprint density at radius 1 is 1.33 bits per heavy atom. The number of imidazole rings is 1. The van der Waals surface area contributed by atoms with E-state index in [2.05, 4.69) is 24.1 Å². The van der Waals surface area contributed by atoms with Crippen molar-refractivity contribution < 1.29 is 4.79 Å². The smallest absolute Gasteiger partial charge is 0.240 e. The number of amides is 1. The topological polar surface area (TPSA) is 72.9 Å². The number of benzene rings is 1. The molecule has 1 heterocycles. The quantitative estimate of drug-likeness (QED) is 0.816. The summed E-state index contributed by atoms with van der Waals surface area (Å²) in [6, 6.07) is 8.12. The predicted octanol–water partition coefficient (Wildman–Crippen LogP) is 1.84. The van der Waals surface area contributed by atoms with Crippen LogP contribution in [0.3, 0.4) is 0 Å². The number of nitrogens with one attached hydrogen (secondary N) is 1. The summed E-state index contributed by atoms with van der Waals surface area (Å²) in [6.07, 6.45) is 2.57. The highest BCUT2D eigenvalue weighted by atomic mass is 16.2. The molecule has 0 aliphatic heterocycles. The second-order valence-corrected chi connectivity index (χ2v) is 5.22. The highest BCUT2D eigenvalue weighted by molar-refractivity contribution is 5.81. The Balaban J connectivity index is 2.23. The second kappa shape index (κ2) is 7.22. The molecule has 114 valence electrons. The molecule has 0 fully saturated rings. The first-order chi connectivity index (χ1) is 10.2. The average molecular weight is 288 g/mol. The SMILES string of the molecule is CCC(CC)NC(=O)Cn1c(CCN)nc2ccccc21. The van der Waals surface area contributed by atoms with Gasteiger partial charge in [-0.05, 0) is 31.5 Å². The Bertz CT molecular complexity index is 601. The summed E-state index contributed by atoms with van der Waals surface area (Å²) < 4.78 is 1.97. The molecule has 3 N–H and O–H groups in total. The summed E-state index contributed by atoms with van der Waals surface area (Å²) in [4.78, 5) is 16.8. The van der Waals surface area contributed by atoms with Crippen LogP contribution in [0.25, 0.3) is 11.0 Å². The molecule has 0 aliphatic rings. The van der Waals surface area contributed by atoms with E-state index in [0.717, 1.165) is 29.7 Å². The third-order valence-electron chi connectivity index (χ3n) is 3.75. The molecular weight excluding hydrogens is 264 g/mol. The largest absolute Gasteiger partial charge is 0.352 e. The van der Waals surface area contributed by atoms with Crippen LogP contribution in [0.1, 0.15) is 32.5 Å². The number of hydrogen-bond acceptors (Lipinski definition) is 3. The van der Waals surface area contributed by atoms with E-state index in [9.17, 15) is 4.79 Å². The first-order valence-electron chi connectivity index (χ1n) is 7.63.